The summed E-state index contributed by atoms with van der Waals surface area (Å²) in [5, 5.41) is 21.5. The third-order valence-electron chi connectivity index (χ3n) is 11.3. The van der Waals surface area contributed by atoms with Gasteiger partial charge in [0, 0.05) is 38.2 Å². The van der Waals surface area contributed by atoms with Crippen LogP contribution in [0, 0.1) is 18.7 Å². The summed E-state index contributed by atoms with van der Waals surface area (Å²) in [5.41, 5.74) is 1.73. The van der Waals surface area contributed by atoms with Gasteiger partial charge in [0.25, 0.3) is 0 Å². The van der Waals surface area contributed by atoms with Crippen molar-refractivity contribution in [1.29, 1.82) is 0 Å². The number of cyclic esters (lactones) is 1. The number of urea groups is 1. The molecule has 16 nitrogen and oxygen atoms in total. The molecule has 4 saturated heterocycles. The van der Waals surface area contributed by atoms with E-state index in [0.717, 1.165) is 10.5 Å². The van der Waals surface area contributed by atoms with E-state index in [9.17, 15) is 43.1 Å². The van der Waals surface area contributed by atoms with Crippen LogP contribution in [0.25, 0.3) is 0 Å². The molecule has 2 aromatic carbocycles. The predicted octanol–water partition coefficient (Wildman–Crippen LogP) is 1.38. The number of amides is 7. The molecule has 6 rings (SSSR count). The molecule has 4 aliphatic heterocycles. The van der Waals surface area contributed by atoms with Crippen LogP contribution in [0.5, 0.6) is 0 Å². The number of piperidine rings is 1. The zero-order valence-electron chi connectivity index (χ0n) is 33.1. The number of hydrogen-bond acceptors (Lipinski definition) is 9. The number of ether oxygens (including phenoxy) is 1. The lowest BCUT2D eigenvalue weighted by Crippen LogP contribution is -2.63. The Hall–Kier alpha value is -5.58. The van der Waals surface area contributed by atoms with Gasteiger partial charge in [0.1, 0.15) is 48.2 Å². The molecule has 0 bridgehead atoms. The molecule has 17 heteroatoms. The van der Waals surface area contributed by atoms with Crippen LogP contribution >= 0.6 is 0 Å². The third kappa shape index (κ3) is 9.57. The number of aliphatic hydroxyl groups excluding tert-OH is 1. The number of hydrogen-bond donors (Lipinski definition) is 5. The zero-order chi connectivity index (χ0) is 41.8. The van der Waals surface area contributed by atoms with Gasteiger partial charge in [0.05, 0.1) is 6.10 Å². The average Bonchev–Trinajstić information content (AvgIpc) is 3.78. The fourth-order valence-corrected chi connectivity index (χ4v) is 8.30. The Morgan fingerprint density at radius 1 is 0.897 bits per heavy atom. The number of fused-ring (bicyclic) bond motifs is 3. The van der Waals surface area contributed by atoms with Crippen LogP contribution in [0.15, 0.2) is 48.5 Å². The van der Waals surface area contributed by atoms with Crippen molar-refractivity contribution in [3.05, 3.63) is 65.5 Å². The highest BCUT2D eigenvalue weighted by Gasteiger charge is 2.49. The summed E-state index contributed by atoms with van der Waals surface area (Å²) in [6.45, 7) is 6.75. The normalized spacial score (nSPS) is 28.8. The second-order valence-corrected chi connectivity index (χ2v) is 16.0. The molecule has 0 aromatic heterocycles. The molecule has 0 radical (unpaired) electrons. The Balaban J connectivity index is 1.34. The van der Waals surface area contributed by atoms with Crippen LogP contribution in [0.3, 0.4) is 0 Å². The maximum absolute atomic E-state index is 14.7. The summed E-state index contributed by atoms with van der Waals surface area (Å²) in [4.78, 5) is 102. The van der Waals surface area contributed by atoms with Gasteiger partial charge in [-0.25, -0.2) is 14.0 Å². The minimum Gasteiger partial charge on any atom is -0.458 e. The van der Waals surface area contributed by atoms with Crippen molar-refractivity contribution in [3.8, 4) is 0 Å². The number of benzene rings is 2. The number of rotatable bonds is 6. The Bertz CT molecular complexity index is 1910. The minimum atomic E-state index is -1.66. The summed E-state index contributed by atoms with van der Waals surface area (Å²) in [6, 6.07) is 4.23. The highest BCUT2D eigenvalue weighted by molar-refractivity contribution is 5.99. The lowest BCUT2D eigenvalue weighted by atomic mass is 9.98. The van der Waals surface area contributed by atoms with Gasteiger partial charge >= 0.3 is 12.0 Å². The van der Waals surface area contributed by atoms with E-state index in [4.69, 9.17) is 4.74 Å². The molecule has 0 aliphatic carbocycles. The number of nitrogens with one attached hydrogen (secondary N) is 4. The summed E-state index contributed by atoms with van der Waals surface area (Å²) >= 11 is 0. The molecule has 4 heterocycles. The molecule has 0 unspecified atom stereocenters. The second kappa shape index (κ2) is 17.9. The molecule has 312 valence electrons. The first kappa shape index (κ1) is 42.0. The van der Waals surface area contributed by atoms with E-state index >= 15 is 0 Å². The van der Waals surface area contributed by atoms with Crippen molar-refractivity contribution in [2.45, 2.75) is 115 Å². The minimum absolute atomic E-state index is 0.113. The molecular weight excluding hydrogens is 753 g/mol. The summed E-state index contributed by atoms with van der Waals surface area (Å²) in [6.07, 6.45) is -1.12. The summed E-state index contributed by atoms with van der Waals surface area (Å²) < 4.78 is 20.2. The van der Waals surface area contributed by atoms with E-state index in [2.05, 4.69) is 21.3 Å². The SMILES string of the molecule is Cc1ccc(NC(=O)N[C@@H](Cc2cccc(F)c2)C(=O)N[C@@H]2C(=O)N3C[C@H](O)C[C@H]3C(=O)N3CCCC[C@H]3C(=O)N[C@@H](C)C(=O)N3C[C@H](C)C[C@H]3C(=O)O[C@H]2C)cc1. The average molecular weight is 806 g/mol. The molecule has 2 aromatic rings. The van der Waals surface area contributed by atoms with E-state index in [1.165, 1.54) is 41.8 Å². The first-order valence-corrected chi connectivity index (χ1v) is 19.9. The highest BCUT2D eigenvalue weighted by Crippen LogP contribution is 2.29. The molecule has 4 fully saturated rings. The van der Waals surface area contributed by atoms with Gasteiger partial charge in [0.15, 0.2) is 0 Å². The molecule has 4 aliphatic rings. The first-order valence-electron chi connectivity index (χ1n) is 19.9. The molecule has 9 atom stereocenters. The van der Waals surface area contributed by atoms with Crippen molar-refractivity contribution in [1.82, 2.24) is 30.7 Å². The molecule has 7 amide bonds. The van der Waals surface area contributed by atoms with Gasteiger partial charge in [-0.15, -0.1) is 0 Å². The van der Waals surface area contributed by atoms with Gasteiger partial charge < -0.3 is 45.8 Å². The predicted molar refractivity (Wildman–Crippen MR) is 207 cm³/mol. The number of carbonyl (C=O) groups excluding carboxylic acids is 7. The van der Waals surface area contributed by atoms with Crippen LogP contribution in [0.4, 0.5) is 14.9 Å². The number of aryl methyl sites for hydroxylation is 1. The van der Waals surface area contributed by atoms with Gasteiger partial charge in [-0.2, -0.15) is 0 Å². The van der Waals surface area contributed by atoms with Gasteiger partial charge in [-0.05, 0) is 82.2 Å². The first-order chi connectivity index (χ1) is 27.6. The topological polar surface area (TPSA) is 207 Å². The van der Waals surface area contributed by atoms with Crippen molar-refractivity contribution >= 4 is 47.2 Å². The van der Waals surface area contributed by atoms with Crippen LogP contribution in [-0.4, -0.2) is 129 Å². The van der Waals surface area contributed by atoms with Crippen LogP contribution < -0.4 is 21.3 Å². The van der Waals surface area contributed by atoms with E-state index in [-0.39, 0.29) is 44.8 Å². The highest BCUT2D eigenvalue weighted by atomic mass is 19.1. The van der Waals surface area contributed by atoms with Crippen molar-refractivity contribution in [2.24, 2.45) is 5.92 Å². The number of nitrogens with zero attached hydrogens (tertiary/aromatic N) is 3. The van der Waals surface area contributed by atoms with Crippen LogP contribution in [0.1, 0.15) is 64.0 Å². The number of aliphatic hydroxyl groups is 1. The van der Waals surface area contributed by atoms with E-state index in [0.29, 0.717) is 30.5 Å². The van der Waals surface area contributed by atoms with Gasteiger partial charge in [-0.1, -0.05) is 36.8 Å². The number of halogens is 1. The fraction of sp³-hybridized carbons (Fsp3) is 0.537. The molecule has 0 saturated carbocycles. The van der Waals surface area contributed by atoms with Crippen molar-refractivity contribution < 1.29 is 47.8 Å². The van der Waals surface area contributed by atoms with Gasteiger partial charge in [-0.3, -0.25) is 24.0 Å². The fourth-order valence-electron chi connectivity index (χ4n) is 8.30. The van der Waals surface area contributed by atoms with E-state index in [1.54, 1.807) is 30.3 Å². The summed E-state index contributed by atoms with van der Waals surface area (Å²) in [7, 11) is 0. The van der Waals surface area contributed by atoms with Crippen molar-refractivity contribution in [2.75, 3.05) is 25.0 Å². The number of esters is 1. The van der Waals surface area contributed by atoms with E-state index < -0.39 is 95.8 Å². The second-order valence-electron chi connectivity index (χ2n) is 16.0. The Labute approximate surface area is 336 Å². The largest absolute Gasteiger partial charge is 0.458 e. The Kier molecular flexibility index (Phi) is 13.0. The van der Waals surface area contributed by atoms with Crippen LogP contribution in [-0.2, 0) is 39.9 Å². The Morgan fingerprint density at radius 2 is 1.62 bits per heavy atom. The number of carbonyl (C=O) groups is 7. The maximum atomic E-state index is 14.7. The van der Waals surface area contributed by atoms with Crippen molar-refractivity contribution in [3.63, 3.8) is 0 Å². The standard InChI is InChI=1S/C41H52FN7O9/c1-22-11-13-28(14-12-22)44-41(57)45-30(18-26-8-7-9-27(42)17-26)35(51)46-34-25(4)58-40(56)33-16-23(2)20-48(33)37(53)24(3)43-36(52)31-10-5-6-15-47(31)38(54)32-19-29(50)21-49(32)39(34)55/h7-9,11-14,17,23-25,29-34,50H,5-6,10,15-16,18-21H2,1-4H3,(H,43,52)(H,46,51)(H2,44,45,57)/t23-,24+,25+,29-,30+,31+,32+,33+,34+/m1/s1. The lowest BCUT2D eigenvalue weighted by Gasteiger charge is -2.39. The number of anilines is 1. The molecule has 58 heavy (non-hydrogen) atoms. The quantitative estimate of drug-likeness (QED) is 0.267. The third-order valence-corrected chi connectivity index (χ3v) is 11.3. The molecular formula is C41H52FN7O9. The maximum Gasteiger partial charge on any atom is 0.329 e. The smallest absolute Gasteiger partial charge is 0.329 e. The monoisotopic (exact) mass is 805 g/mol. The zero-order valence-corrected chi connectivity index (χ0v) is 33.1. The van der Waals surface area contributed by atoms with E-state index in [1.807, 2.05) is 13.8 Å². The van der Waals surface area contributed by atoms with Crippen LogP contribution in [0.2, 0.25) is 0 Å². The lowest BCUT2D eigenvalue weighted by molar-refractivity contribution is -0.163. The molecule has 5 N–H and O–H groups in total. The molecule has 0 spiro atoms. The van der Waals surface area contributed by atoms with Gasteiger partial charge in [0.2, 0.25) is 29.5 Å². The Morgan fingerprint density at radius 3 is 2.34 bits per heavy atom. The summed E-state index contributed by atoms with van der Waals surface area (Å²) in [5.74, 6) is -4.94.